The average molecular weight is 242 g/mol. The highest BCUT2D eigenvalue weighted by molar-refractivity contribution is 7.90. The Kier molecular flexibility index (Phi) is 2.71. The molecule has 1 aromatic rings. The second-order valence-corrected chi connectivity index (χ2v) is 5.87. The van der Waals surface area contributed by atoms with Crippen LogP contribution in [0.5, 0.6) is 0 Å². The molecule has 1 fully saturated rings. The molecule has 6 nitrogen and oxygen atoms in total. The maximum atomic E-state index is 11.3. The minimum atomic E-state index is -3.34. The summed E-state index contributed by atoms with van der Waals surface area (Å²) in [4.78, 5) is 10.1. The van der Waals surface area contributed by atoms with E-state index >= 15 is 0 Å². The number of rotatable bonds is 2. The van der Waals surface area contributed by atoms with E-state index in [2.05, 4.69) is 9.97 Å². The van der Waals surface area contributed by atoms with Crippen LogP contribution in [0.15, 0.2) is 11.1 Å². The fourth-order valence-electron chi connectivity index (χ4n) is 1.73. The summed E-state index contributed by atoms with van der Waals surface area (Å²) < 4.78 is 22.6. The fraction of sp³-hybridized carbons (Fsp3) is 0.556. The second-order valence-electron chi connectivity index (χ2n) is 3.89. The van der Waals surface area contributed by atoms with E-state index in [1.807, 2.05) is 4.90 Å². The van der Waals surface area contributed by atoms with Crippen LogP contribution < -0.4 is 10.6 Å². The van der Waals surface area contributed by atoms with Crippen molar-refractivity contribution in [2.24, 2.45) is 0 Å². The lowest BCUT2D eigenvalue weighted by Crippen LogP contribution is -2.21. The predicted octanol–water partition coefficient (Wildman–Crippen LogP) is 0.0625. The van der Waals surface area contributed by atoms with Gasteiger partial charge in [-0.1, -0.05) is 0 Å². The van der Waals surface area contributed by atoms with Crippen LogP contribution in [0.3, 0.4) is 0 Å². The summed E-state index contributed by atoms with van der Waals surface area (Å²) in [5.74, 6) is 0.543. The van der Waals surface area contributed by atoms with Crippen LogP contribution in [0.25, 0.3) is 0 Å². The number of anilines is 2. The molecule has 16 heavy (non-hydrogen) atoms. The van der Waals surface area contributed by atoms with E-state index in [4.69, 9.17) is 5.73 Å². The van der Waals surface area contributed by atoms with Gasteiger partial charge in [-0.15, -0.1) is 0 Å². The van der Waals surface area contributed by atoms with Gasteiger partial charge in [0, 0.05) is 19.3 Å². The summed E-state index contributed by atoms with van der Waals surface area (Å²) in [6.07, 6.45) is 4.59. The molecule has 0 bridgehead atoms. The van der Waals surface area contributed by atoms with Gasteiger partial charge in [0.15, 0.2) is 9.84 Å². The number of aromatic nitrogens is 2. The number of nitrogens with two attached hydrogens (primary N) is 1. The Morgan fingerprint density at radius 2 is 2.00 bits per heavy atom. The van der Waals surface area contributed by atoms with Crippen molar-refractivity contribution in [2.45, 2.75) is 17.7 Å². The first-order valence-corrected chi connectivity index (χ1v) is 6.95. The summed E-state index contributed by atoms with van der Waals surface area (Å²) in [7, 11) is -3.34. The molecule has 1 aliphatic heterocycles. The van der Waals surface area contributed by atoms with Gasteiger partial charge in [-0.25, -0.2) is 13.4 Å². The number of hydrogen-bond donors (Lipinski definition) is 1. The highest BCUT2D eigenvalue weighted by atomic mass is 32.2. The van der Waals surface area contributed by atoms with Crippen LogP contribution in [0.1, 0.15) is 12.8 Å². The standard InChI is InChI=1S/C9H14N4O2S/c1-16(14,15)7-6-11-9(12-8(7)10)13-4-2-3-5-13/h6H,2-5H2,1H3,(H2,10,11,12). The lowest BCUT2D eigenvalue weighted by molar-refractivity contribution is 0.601. The summed E-state index contributed by atoms with van der Waals surface area (Å²) in [5, 5.41) is 0. The summed E-state index contributed by atoms with van der Waals surface area (Å²) >= 11 is 0. The first kappa shape index (κ1) is 11.1. The van der Waals surface area contributed by atoms with Crippen LogP contribution in [-0.2, 0) is 9.84 Å². The van der Waals surface area contributed by atoms with Crippen molar-refractivity contribution in [3.05, 3.63) is 6.20 Å². The van der Waals surface area contributed by atoms with E-state index in [9.17, 15) is 8.42 Å². The van der Waals surface area contributed by atoms with E-state index < -0.39 is 9.84 Å². The van der Waals surface area contributed by atoms with Crippen LogP contribution in [0.4, 0.5) is 11.8 Å². The molecule has 0 atom stereocenters. The Morgan fingerprint density at radius 1 is 1.38 bits per heavy atom. The molecular weight excluding hydrogens is 228 g/mol. The van der Waals surface area contributed by atoms with Gasteiger partial charge in [0.25, 0.3) is 0 Å². The van der Waals surface area contributed by atoms with E-state index in [1.54, 1.807) is 0 Å². The molecule has 1 saturated heterocycles. The number of nitrogen functional groups attached to an aromatic ring is 1. The molecule has 7 heteroatoms. The van der Waals surface area contributed by atoms with E-state index in [-0.39, 0.29) is 10.7 Å². The van der Waals surface area contributed by atoms with Gasteiger partial charge in [0.1, 0.15) is 10.7 Å². The zero-order valence-electron chi connectivity index (χ0n) is 9.05. The summed E-state index contributed by atoms with van der Waals surface area (Å²) in [6, 6.07) is 0. The van der Waals surface area contributed by atoms with Gasteiger partial charge in [0.05, 0.1) is 6.20 Å². The topological polar surface area (TPSA) is 89.2 Å². The Hall–Kier alpha value is -1.37. The van der Waals surface area contributed by atoms with Crippen LogP contribution in [0.2, 0.25) is 0 Å². The third-order valence-electron chi connectivity index (χ3n) is 2.56. The molecule has 2 rings (SSSR count). The van der Waals surface area contributed by atoms with Crippen molar-refractivity contribution in [1.82, 2.24) is 9.97 Å². The molecule has 1 aliphatic rings. The highest BCUT2D eigenvalue weighted by Crippen LogP contribution is 2.20. The molecule has 0 spiro atoms. The lowest BCUT2D eigenvalue weighted by atomic mass is 10.4. The predicted molar refractivity (Wildman–Crippen MR) is 61.0 cm³/mol. The van der Waals surface area contributed by atoms with Gasteiger partial charge >= 0.3 is 0 Å². The van der Waals surface area contributed by atoms with Crippen molar-refractivity contribution < 1.29 is 8.42 Å². The minimum absolute atomic E-state index is 0.00422. The van der Waals surface area contributed by atoms with Gasteiger partial charge in [-0.05, 0) is 12.8 Å². The van der Waals surface area contributed by atoms with Crippen LogP contribution >= 0.6 is 0 Å². The van der Waals surface area contributed by atoms with Crippen molar-refractivity contribution in [3.63, 3.8) is 0 Å². The molecular formula is C9H14N4O2S. The molecule has 0 aromatic carbocycles. The third kappa shape index (κ3) is 2.08. The number of sulfone groups is 1. The fourth-order valence-corrected chi connectivity index (χ4v) is 2.40. The first-order chi connectivity index (χ1) is 7.48. The van der Waals surface area contributed by atoms with Crippen molar-refractivity contribution in [3.8, 4) is 0 Å². The Labute approximate surface area is 94.4 Å². The van der Waals surface area contributed by atoms with E-state index in [0.29, 0.717) is 5.95 Å². The molecule has 0 aliphatic carbocycles. The maximum absolute atomic E-state index is 11.3. The Morgan fingerprint density at radius 3 is 2.50 bits per heavy atom. The number of nitrogens with zero attached hydrogens (tertiary/aromatic N) is 3. The van der Waals surface area contributed by atoms with Gasteiger partial charge in [-0.3, -0.25) is 0 Å². The minimum Gasteiger partial charge on any atom is -0.382 e. The Bertz CT molecular complexity index is 494. The number of hydrogen-bond acceptors (Lipinski definition) is 6. The molecule has 0 radical (unpaired) electrons. The van der Waals surface area contributed by atoms with E-state index in [0.717, 1.165) is 32.2 Å². The van der Waals surface area contributed by atoms with Gasteiger partial charge in [-0.2, -0.15) is 4.98 Å². The van der Waals surface area contributed by atoms with Crippen molar-refractivity contribution in [1.29, 1.82) is 0 Å². The van der Waals surface area contributed by atoms with Crippen molar-refractivity contribution in [2.75, 3.05) is 30.0 Å². The average Bonchev–Trinajstić information content (AvgIpc) is 2.68. The smallest absolute Gasteiger partial charge is 0.227 e. The molecule has 2 heterocycles. The largest absolute Gasteiger partial charge is 0.382 e. The molecule has 0 unspecified atom stereocenters. The van der Waals surface area contributed by atoms with Crippen molar-refractivity contribution >= 4 is 21.6 Å². The van der Waals surface area contributed by atoms with E-state index in [1.165, 1.54) is 6.20 Å². The third-order valence-corrected chi connectivity index (χ3v) is 3.67. The zero-order chi connectivity index (χ0) is 11.8. The molecule has 0 saturated carbocycles. The second kappa shape index (κ2) is 3.89. The van der Waals surface area contributed by atoms with Gasteiger partial charge < -0.3 is 10.6 Å². The highest BCUT2D eigenvalue weighted by Gasteiger charge is 2.19. The molecule has 88 valence electrons. The zero-order valence-corrected chi connectivity index (χ0v) is 9.87. The molecule has 1 aromatic heterocycles. The summed E-state index contributed by atoms with van der Waals surface area (Å²) in [5.41, 5.74) is 5.62. The SMILES string of the molecule is CS(=O)(=O)c1cnc(N2CCCC2)nc1N. The molecule has 0 amide bonds. The first-order valence-electron chi connectivity index (χ1n) is 5.06. The monoisotopic (exact) mass is 242 g/mol. The van der Waals surface area contributed by atoms with Gasteiger partial charge in [0.2, 0.25) is 5.95 Å². The molecule has 2 N–H and O–H groups in total. The van der Waals surface area contributed by atoms with Crippen LogP contribution in [-0.4, -0.2) is 37.7 Å². The normalized spacial score (nSPS) is 16.7. The quantitative estimate of drug-likeness (QED) is 0.789. The summed E-state index contributed by atoms with van der Waals surface area (Å²) in [6.45, 7) is 1.80. The lowest BCUT2D eigenvalue weighted by Gasteiger charge is -2.15. The Balaban J connectivity index is 2.36. The van der Waals surface area contributed by atoms with Crippen LogP contribution in [0, 0.1) is 0 Å². The maximum Gasteiger partial charge on any atom is 0.227 e.